The second-order valence-electron chi connectivity index (χ2n) is 4.17. The van der Waals surface area contributed by atoms with Gasteiger partial charge in [-0.25, -0.2) is 0 Å². The SMILES string of the molecule is CCCC1CCCCN1C(=O)CC(N)=S. The third-order valence-electron chi connectivity index (χ3n) is 2.89. The predicted octanol–water partition coefficient (Wildman–Crippen LogP) is 1.84. The summed E-state index contributed by atoms with van der Waals surface area (Å²) in [5.41, 5.74) is 5.40. The molecule has 1 atom stereocenters. The summed E-state index contributed by atoms with van der Waals surface area (Å²) in [4.78, 5) is 14.1. The lowest BCUT2D eigenvalue weighted by molar-refractivity contribution is -0.133. The zero-order chi connectivity index (χ0) is 11.3. The molecule has 1 saturated heterocycles. The second kappa shape index (κ2) is 6.05. The molecule has 15 heavy (non-hydrogen) atoms. The van der Waals surface area contributed by atoms with Crippen molar-refractivity contribution in [2.45, 2.75) is 51.5 Å². The van der Waals surface area contributed by atoms with Crippen molar-refractivity contribution in [1.82, 2.24) is 4.90 Å². The van der Waals surface area contributed by atoms with Crippen molar-refractivity contribution in [1.29, 1.82) is 0 Å². The van der Waals surface area contributed by atoms with Gasteiger partial charge in [0.15, 0.2) is 0 Å². The molecule has 1 heterocycles. The number of hydrogen-bond donors (Lipinski definition) is 1. The van der Waals surface area contributed by atoms with Crippen molar-refractivity contribution >= 4 is 23.1 Å². The van der Waals surface area contributed by atoms with Gasteiger partial charge >= 0.3 is 0 Å². The lowest BCUT2D eigenvalue weighted by Gasteiger charge is -2.35. The van der Waals surface area contributed by atoms with Crippen LogP contribution < -0.4 is 5.73 Å². The maximum atomic E-state index is 11.9. The molecule has 0 bridgehead atoms. The molecule has 2 N–H and O–H groups in total. The Labute approximate surface area is 97.0 Å². The molecule has 3 nitrogen and oxygen atoms in total. The average molecular weight is 228 g/mol. The summed E-state index contributed by atoms with van der Waals surface area (Å²) in [6.07, 6.45) is 5.95. The van der Waals surface area contributed by atoms with Gasteiger partial charge in [-0.3, -0.25) is 4.79 Å². The molecule has 0 aromatic carbocycles. The highest BCUT2D eigenvalue weighted by molar-refractivity contribution is 7.80. The molecule has 1 unspecified atom stereocenters. The van der Waals surface area contributed by atoms with E-state index in [1.807, 2.05) is 4.90 Å². The molecule has 1 fully saturated rings. The monoisotopic (exact) mass is 228 g/mol. The minimum Gasteiger partial charge on any atom is -0.393 e. The van der Waals surface area contributed by atoms with Gasteiger partial charge < -0.3 is 10.6 Å². The fourth-order valence-corrected chi connectivity index (χ4v) is 2.34. The lowest BCUT2D eigenvalue weighted by atomic mass is 9.98. The Hall–Kier alpha value is -0.640. The molecular formula is C11H20N2OS. The molecule has 1 amide bonds. The number of amides is 1. The van der Waals surface area contributed by atoms with Gasteiger partial charge in [0.25, 0.3) is 0 Å². The molecule has 1 aliphatic rings. The van der Waals surface area contributed by atoms with E-state index in [1.54, 1.807) is 0 Å². The van der Waals surface area contributed by atoms with Crippen LogP contribution in [0.3, 0.4) is 0 Å². The fraction of sp³-hybridized carbons (Fsp3) is 0.818. The van der Waals surface area contributed by atoms with Crippen molar-refractivity contribution in [3.63, 3.8) is 0 Å². The normalized spacial score (nSPS) is 21.4. The first-order valence-corrected chi connectivity index (χ1v) is 6.13. The smallest absolute Gasteiger partial charge is 0.229 e. The van der Waals surface area contributed by atoms with Crippen LogP contribution in [0, 0.1) is 0 Å². The number of rotatable bonds is 4. The highest BCUT2D eigenvalue weighted by Crippen LogP contribution is 2.21. The Kier molecular flexibility index (Phi) is 5.02. The minimum atomic E-state index is 0.112. The number of piperidine rings is 1. The number of likely N-dealkylation sites (tertiary alicyclic amines) is 1. The summed E-state index contributed by atoms with van der Waals surface area (Å²) < 4.78 is 0. The van der Waals surface area contributed by atoms with Crippen LogP contribution in [0.2, 0.25) is 0 Å². The van der Waals surface area contributed by atoms with Crippen LogP contribution in [0.15, 0.2) is 0 Å². The zero-order valence-corrected chi connectivity index (χ0v) is 10.2. The van der Waals surface area contributed by atoms with Crippen LogP contribution in [0.25, 0.3) is 0 Å². The van der Waals surface area contributed by atoms with Crippen LogP contribution in [-0.2, 0) is 4.79 Å². The van der Waals surface area contributed by atoms with E-state index in [9.17, 15) is 4.79 Å². The zero-order valence-electron chi connectivity index (χ0n) is 9.37. The van der Waals surface area contributed by atoms with Gasteiger partial charge in [-0.2, -0.15) is 0 Å². The summed E-state index contributed by atoms with van der Waals surface area (Å²) in [6.45, 7) is 3.04. The first-order chi connectivity index (χ1) is 7.15. The molecule has 0 aliphatic carbocycles. The number of carbonyl (C=O) groups excluding carboxylic acids is 1. The number of hydrogen-bond acceptors (Lipinski definition) is 2. The lowest BCUT2D eigenvalue weighted by Crippen LogP contribution is -2.44. The maximum absolute atomic E-state index is 11.9. The molecule has 1 aliphatic heterocycles. The summed E-state index contributed by atoms with van der Waals surface area (Å²) in [6, 6.07) is 0.422. The van der Waals surface area contributed by atoms with E-state index in [2.05, 4.69) is 6.92 Å². The summed E-state index contributed by atoms with van der Waals surface area (Å²) in [5, 5.41) is 0. The van der Waals surface area contributed by atoms with E-state index in [1.165, 1.54) is 6.42 Å². The predicted molar refractivity (Wildman–Crippen MR) is 65.7 cm³/mol. The molecule has 0 spiro atoms. The Morgan fingerprint density at radius 1 is 1.53 bits per heavy atom. The Balaban J connectivity index is 2.54. The number of nitrogens with zero attached hydrogens (tertiary/aromatic N) is 1. The van der Waals surface area contributed by atoms with Crippen molar-refractivity contribution in [3.8, 4) is 0 Å². The van der Waals surface area contributed by atoms with Gasteiger partial charge in [0, 0.05) is 12.6 Å². The number of carbonyl (C=O) groups is 1. The van der Waals surface area contributed by atoms with Crippen molar-refractivity contribution in [2.75, 3.05) is 6.54 Å². The minimum absolute atomic E-state index is 0.112. The van der Waals surface area contributed by atoms with E-state index in [0.717, 1.165) is 32.2 Å². The van der Waals surface area contributed by atoms with E-state index >= 15 is 0 Å². The molecular weight excluding hydrogens is 208 g/mol. The third kappa shape index (κ3) is 3.78. The topological polar surface area (TPSA) is 46.3 Å². The van der Waals surface area contributed by atoms with Gasteiger partial charge in [-0.1, -0.05) is 25.6 Å². The largest absolute Gasteiger partial charge is 0.393 e. The molecule has 86 valence electrons. The molecule has 4 heteroatoms. The summed E-state index contributed by atoms with van der Waals surface area (Å²) in [7, 11) is 0. The molecule has 0 aromatic heterocycles. The van der Waals surface area contributed by atoms with Gasteiger partial charge in [-0.05, 0) is 25.7 Å². The van der Waals surface area contributed by atoms with Gasteiger partial charge in [0.2, 0.25) is 5.91 Å². The Bertz CT molecular complexity index is 241. The number of nitrogens with two attached hydrogens (primary N) is 1. The van der Waals surface area contributed by atoms with Crippen LogP contribution in [-0.4, -0.2) is 28.4 Å². The quantitative estimate of drug-likeness (QED) is 0.747. The molecule has 1 rings (SSSR count). The fourth-order valence-electron chi connectivity index (χ4n) is 2.21. The van der Waals surface area contributed by atoms with Crippen LogP contribution in [0.4, 0.5) is 0 Å². The number of thiocarbonyl (C=S) groups is 1. The maximum Gasteiger partial charge on any atom is 0.229 e. The molecule has 0 saturated carbocycles. The van der Waals surface area contributed by atoms with Crippen molar-refractivity contribution in [2.24, 2.45) is 5.73 Å². The van der Waals surface area contributed by atoms with Crippen LogP contribution >= 0.6 is 12.2 Å². The second-order valence-corrected chi connectivity index (χ2v) is 4.69. The molecule has 0 aromatic rings. The van der Waals surface area contributed by atoms with Gasteiger partial charge in [0.1, 0.15) is 0 Å². The van der Waals surface area contributed by atoms with E-state index in [-0.39, 0.29) is 12.3 Å². The highest BCUT2D eigenvalue weighted by atomic mass is 32.1. The van der Waals surface area contributed by atoms with E-state index in [4.69, 9.17) is 18.0 Å². The van der Waals surface area contributed by atoms with Gasteiger partial charge in [-0.15, -0.1) is 0 Å². The summed E-state index contributed by atoms with van der Waals surface area (Å²) in [5.74, 6) is 0.112. The first kappa shape index (κ1) is 12.4. The Morgan fingerprint density at radius 3 is 2.87 bits per heavy atom. The average Bonchev–Trinajstić information content (AvgIpc) is 2.18. The molecule has 0 radical (unpaired) electrons. The van der Waals surface area contributed by atoms with Crippen LogP contribution in [0.1, 0.15) is 45.4 Å². The van der Waals surface area contributed by atoms with Crippen molar-refractivity contribution < 1.29 is 4.79 Å². The Morgan fingerprint density at radius 2 is 2.27 bits per heavy atom. The van der Waals surface area contributed by atoms with Crippen LogP contribution in [0.5, 0.6) is 0 Å². The van der Waals surface area contributed by atoms with Crippen molar-refractivity contribution in [3.05, 3.63) is 0 Å². The summed E-state index contributed by atoms with van der Waals surface area (Å²) >= 11 is 4.77. The first-order valence-electron chi connectivity index (χ1n) is 5.73. The van der Waals surface area contributed by atoms with E-state index in [0.29, 0.717) is 11.0 Å². The highest BCUT2D eigenvalue weighted by Gasteiger charge is 2.25. The van der Waals surface area contributed by atoms with E-state index < -0.39 is 0 Å². The standard InChI is InChI=1S/C11H20N2OS/c1-2-5-9-6-3-4-7-13(9)11(14)8-10(12)15/h9H,2-8H2,1H3,(H2,12,15). The third-order valence-corrected chi connectivity index (χ3v) is 3.04. The van der Waals surface area contributed by atoms with Gasteiger partial charge in [0.05, 0.1) is 11.4 Å².